The molecule has 0 saturated heterocycles. The molecule has 2 aromatic carbocycles. The number of allylic oxidation sites excluding steroid dienone is 6. The molecule has 2 aromatic rings. The molecule has 0 saturated carbocycles. The highest BCUT2D eigenvalue weighted by atomic mass is 16.5. The van der Waals surface area contributed by atoms with Crippen LogP contribution in [0.3, 0.4) is 0 Å². The smallest absolute Gasteiger partial charge is 0.142 e. The van der Waals surface area contributed by atoms with Crippen molar-refractivity contribution < 1.29 is 14.6 Å². The number of rotatable bonds is 12. The number of hydrogen-bond acceptors (Lipinski definition) is 4. The first-order valence-corrected chi connectivity index (χ1v) is 15.5. The monoisotopic (exact) mass is 557 g/mol. The third kappa shape index (κ3) is 9.00. The van der Waals surface area contributed by atoms with Gasteiger partial charge in [-0.25, -0.2) is 0 Å². The predicted octanol–water partition coefficient (Wildman–Crippen LogP) is 9.38. The first-order valence-electron chi connectivity index (χ1n) is 15.5. The number of phenolic OH excluding ortho intramolecular Hbond substituents is 1. The molecule has 0 bridgehead atoms. The Bertz CT molecular complexity index is 1270. The van der Waals surface area contributed by atoms with E-state index in [1.807, 2.05) is 12.1 Å². The summed E-state index contributed by atoms with van der Waals surface area (Å²) in [5, 5.41) is 9.56. The lowest BCUT2D eigenvalue weighted by atomic mass is 9.85. The van der Waals surface area contributed by atoms with Gasteiger partial charge in [-0.2, -0.15) is 0 Å². The second kappa shape index (κ2) is 14.3. The van der Waals surface area contributed by atoms with Crippen molar-refractivity contribution in [3.05, 3.63) is 87.5 Å². The van der Waals surface area contributed by atoms with Gasteiger partial charge in [0.05, 0.1) is 0 Å². The van der Waals surface area contributed by atoms with Gasteiger partial charge < -0.3 is 14.6 Å². The third-order valence-corrected chi connectivity index (χ3v) is 8.62. The Balaban J connectivity index is 1.30. The molecule has 4 nitrogen and oxygen atoms in total. The van der Waals surface area contributed by atoms with Crippen LogP contribution < -0.4 is 9.47 Å². The van der Waals surface area contributed by atoms with Crippen LogP contribution in [0.4, 0.5) is 0 Å². The molecule has 0 unspecified atom stereocenters. The molecule has 222 valence electrons. The van der Waals surface area contributed by atoms with Crippen LogP contribution in [0.5, 0.6) is 17.2 Å². The zero-order chi connectivity index (χ0) is 29.4. The number of aromatic hydroxyl groups is 1. The Morgan fingerprint density at radius 1 is 0.951 bits per heavy atom. The summed E-state index contributed by atoms with van der Waals surface area (Å²) in [6.07, 6.45) is 16.8. The van der Waals surface area contributed by atoms with Gasteiger partial charge in [-0.3, -0.25) is 4.90 Å². The van der Waals surface area contributed by atoms with E-state index in [4.69, 9.17) is 9.47 Å². The van der Waals surface area contributed by atoms with Crippen molar-refractivity contribution in [3.8, 4) is 17.2 Å². The summed E-state index contributed by atoms with van der Waals surface area (Å²) in [5.41, 5.74) is 9.29. The van der Waals surface area contributed by atoms with E-state index in [1.54, 1.807) is 12.1 Å². The first kappa shape index (κ1) is 31.0. The molecular formula is C37H51NO3. The van der Waals surface area contributed by atoms with Crippen molar-refractivity contribution in [1.82, 2.24) is 4.90 Å². The van der Waals surface area contributed by atoms with E-state index < -0.39 is 0 Å². The van der Waals surface area contributed by atoms with Crippen molar-refractivity contribution in [2.45, 2.75) is 111 Å². The van der Waals surface area contributed by atoms with Gasteiger partial charge >= 0.3 is 0 Å². The fourth-order valence-electron chi connectivity index (χ4n) is 5.93. The fourth-order valence-corrected chi connectivity index (χ4v) is 5.93. The highest BCUT2D eigenvalue weighted by molar-refractivity contribution is 5.55. The molecule has 2 aliphatic heterocycles. The summed E-state index contributed by atoms with van der Waals surface area (Å²) in [7, 11) is 0. The lowest BCUT2D eigenvalue weighted by Gasteiger charge is -2.39. The summed E-state index contributed by atoms with van der Waals surface area (Å²) in [5.74, 6) is 2.42. The largest absolute Gasteiger partial charge is 0.508 e. The number of hydrogen-bond donors (Lipinski definition) is 1. The molecule has 0 aromatic heterocycles. The van der Waals surface area contributed by atoms with Crippen molar-refractivity contribution in [2.24, 2.45) is 0 Å². The van der Waals surface area contributed by atoms with Gasteiger partial charge in [-0.1, -0.05) is 47.1 Å². The normalized spacial score (nSPS) is 19.2. The number of fused-ring (bicyclic) bond motifs is 3. The molecule has 0 amide bonds. The van der Waals surface area contributed by atoms with Gasteiger partial charge in [0.2, 0.25) is 0 Å². The molecule has 41 heavy (non-hydrogen) atoms. The Hall–Kier alpha value is -2.98. The van der Waals surface area contributed by atoms with Gasteiger partial charge in [-0.15, -0.1) is 0 Å². The molecule has 2 heterocycles. The Kier molecular flexibility index (Phi) is 10.8. The van der Waals surface area contributed by atoms with Gasteiger partial charge in [0.1, 0.15) is 29.6 Å². The average molecular weight is 558 g/mol. The van der Waals surface area contributed by atoms with E-state index in [9.17, 15) is 5.11 Å². The highest BCUT2D eigenvalue weighted by Gasteiger charge is 2.35. The minimum Gasteiger partial charge on any atom is -0.508 e. The second-order valence-electron chi connectivity index (χ2n) is 12.8. The summed E-state index contributed by atoms with van der Waals surface area (Å²) in [4.78, 5) is 2.37. The van der Waals surface area contributed by atoms with Crippen LogP contribution in [0.1, 0.15) is 102 Å². The van der Waals surface area contributed by atoms with Gasteiger partial charge in [-0.05, 0) is 129 Å². The zero-order valence-electron chi connectivity index (χ0n) is 26.3. The van der Waals surface area contributed by atoms with Crippen molar-refractivity contribution in [3.63, 3.8) is 0 Å². The highest BCUT2D eigenvalue weighted by Crippen LogP contribution is 2.44. The zero-order valence-corrected chi connectivity index (χ0v) is 26.3. The topological polar surface area (TPSA) is 41.9 Å². The van der Waals surface area contributed by atoms with E-state index in [2.05, 4.69) is 70.7 Å². The van der Waals surface area contributed by atoms with E-state index in [-0.39, 0.29) is 5.60 Å². The maximum Gasteiger partial charge on any atom is 0.142 e. The number of nitrogens with zero attached hydrogens (tertiary/aromatic N) is 1. The fraction of sp³-hybridized carbons (Fsp3) is 0.514. The second-order valence-corrected chi connectivity index (χ2v) is 12.8. The number of phenols is 1. The summed E-state index contributed by atoms with van der Waals surface area (Å²) in [6.45, 7) is 15.7. The number of ether oxygens (including phenoxy) is 2. The molecule has 0 fully saturated rings. The lowest BCUT2D eigenvalue weighted by molar-refractivity contribution is 0.0526. The van der Waals surface area contributed by atoms with Crippen molar-refractivity contribution in [2.75, 3.05) is 13.3 Å². The minimum absolute atomic E-state index is 0.141. The van der Waals surface area contributed by atoms with Gasteiger partial charge in [0.15, 0.2) is 0 Å². The standard InChI is InChI=1S/C37H51NO3/c1-27(2)10-7-11-28(3)12-8-13-29(4)14-9-21-37(6)22-19-33-34-25-38(23-20-31-15-17-32(39)18-16-31)26-40-35(34)24-30(5)36(33)41-37/h10,12,14-18,24,39H,7-9,11,13,19-23,25-26H2,1-6H3/b28-12+,29-14+/t37-/m1/s1. The molecular weight excluding hydrogens is 506 g/mol. The SMILES string of the molecule is CC(C)=CCC/C(C)=C/CC/C(C)=C/CC[C@]1(C)CCc2c3c(cc(C)c2O1)OCN(CCc1ccc(O)cc1)C3. The van der Waals surface area contributed by atoms with Crippen LogP contribution in [0, 0.1) is 6.92 Å². The summed E-state index contributed by atoms with van der Waals surface area (Å²) >= 11 is 0. The Morgan fingerprint density at radius 3 is 2.34 bits per heavy atom. The molecule has 0 spiro atoms. The first-order chi connectivity index (χ1) is 19.6. The number of aryl methyl sites for hydroxylation is 1. The van der Waals surface area contributed by atoms with Crippen LogP contribution in [-0.4, -0.2) is 28.9 Å². The molecule has 2 aliphatic rings. The Morgan fingerprint density at radius 2 is 1.63 bits per heavy atom. The van der Waals surface area contributed by atoms with E-state index in [0.29, 0.717) is 12.5 Å². The molecule has 1 N–H and O–H groups in total. The molecule has 0 radical (unpaired) electrons. The maximum atomic E-state index is 9.56. The summed E-state index contributed by atoms with van der Waals surface area (Å²) < 4.78 is 13.0. The van der Waals surface area contributed by atoms with Crippen molar-refractivity contribution in [1.29, 1.82) is 0 Å². The van der Waals surface area contributed by atoms with E-state index >= 15 is 0 Å². The minimum atomic E-state index is -0.141. The van der Waals surface area contributed by atoms with Crippen LogP contribution in [-0.2, 0) is 19.4 Å². The van der Waals surface area contributed by atoms with E-state index in [1.165, 1.54) is 39.0 Å². The number of benzene rings is 2. The molecule has 1 atom stereocenters. The van der Waals surface area contributed by atoms with Gasteiger partial charge in [0.25, 0.3) is 0 Å². The van der Waals surface area contributed by atoms with Crippen LogP contribution in [0.25, 0.3) is 0 Å². The van der Waals surface area contributed by atoms with Crippen LogP contribution in [0.15, 0.2) is 65.3 Å². The van der Waals surface area contributed by atoms with Crippen LogP contribution in [0.2, 0.25) is 0 Å². The average Bonchev–Trinajstić information content (AvgIpc) is 2.93. The summed E-state index contributed by atoms with van der Waals surface area (Å²) in [6, 6.07) is 9.69. The molecule has 4 rings (SSSR count). The van der Waals surface area contributed by atoms with Crippen LogP contribution >= 0.6 is 0 Å². The van der Waals surface area contributed by atoms with Crippen molar-refractivity contribution >= 4 is 0 Å². The quantitative estimate of drug-likeness (QED) is 0.264. The maximum absolute atomic E-state index is 9.56. The Labute approximate surface area is 248 Å². The van der Waals surface area contributed by atoms with Gasteiger partial charge in [0, 0.05) is 24.2 Å². The molecule has 0 aliphatic carbocycles. The molecule has 4 heteroatoms. The third-order valence-electron chi connectivity index (χ3n) is 8.62. The van der Waals surface area contributed by atoms with E-state index in [0.717, 1.165) is 82.4 Å². The lowest BCUT2D eigenvalue weighted by Crippen LogP contribution is -2.39. The predicted molar refractivity (Wildman–Crippen MR) is 171 cm³/mol.